The fourth-order valence-corrected chi connectivity index (χ4v) is 3.41. The summed E-state index contributed by atoms with van der Waals surface area (Å²) in [5, 5.41) is 9.72. The zero-order chi connectivity index (χ0) is 19.8. The summed E-state index contributed by atoms with van der Waals surface area (Å²) < 4.78 is 53.4. The van der Waals surface area contributed by atoms with Gasteiger partial charge in [-0.2, -0.15) is 13.2 Å². The number of hydrogen-bond acceptors (Lipinski definition) is 4. The third-order valence-corrected chi connectivity index (χ3v) is 4.95. The molecule has 1 N–H and O–H groups in total. The number of nitrogens with zero attached hydrogens (tertiary/aromatic N) is 2. The molecule has 144 valence electrons. The van der Waals surface area contributed by atoms with Crippen LogP contribution in [-0.4, -0.2) is 20.9 Å². The first-order valence-corrected chi connectivity index (χ1v) is 8.58. The average Bonchev–Trinajstić information content (AvgIpc) is 2.63. The van der Waals surface area contributed by atoms with E-state index in [0.29, 0.717) is 6.20 Å². The van der Waals surface area contributed by atoms with Gasteiger partial charge >= 0.3 is 6.18 Å². The Kier molecular flexibility index (Phi) is 5.22. The van der Waals surface area contributed by atoms with Gasteiger partial charge in [-0.3, -0.25) is 14.8 Å². The Hall–Kier alpha value is -2.06. The van der Waals surface area contributed by atoms with Crippen LogP contribution in [0.1, 0.15) is 47.9 Å². The molecule has 0 unspecified atom stereocenters. The lowest BCUT2D eigenvalue weighted by Crippen LogP contribution is -2.37. The maximum absolute atomic E-state index is 15.5. The standard InChI is InChI=1S/C18H15ClF4N2O2/c19-12-8-10(18(21,22)23)9-25-13(12)3-4-15(27)17(20)6-5-14(26)16-11(17)2-1-7-24-16/h1-2,7-9,14,26H,3-6H2/t14-,17-/m0/s1. The maximum Gasteiger partial charge on any atom is 0.417 e. The van der Waals surface area contributed by atoms with Crippen LogP contribution in [0.3, 0.4) is 0 Å². The Morgan fingerprint density at radius 1 is 1.37 bits per heavy atom. The highest BCUT2D eigenvalue weighted by molar-refractivity contribution is 6.31. The summed E-state index contributed by atoms with van der Waals surface area (Å²) in [6, 6.07) is 3.62. The van der Waals surface area contributed by atoms with Gasteiger partial charge in [0.05, 0.1) is 28.1 Å². The van der Waals surface area contributed by atoms with E-state index in [1.54, 1.807) is 0 Å². The average molecular weight is 403 g/mol. The van der Waals surface area contributed by atoms with Crippen LogP contribution in [-0.2, 0) is 23.1 Å². The SMILES string of the molecule is O=C(CCc1ncc(C(F)(F)F)cc1Cl)[C@]1(F)CC[C@H](O)c2ncccc21. The maximum atomic E-state index is 15.5. The number of carbonyl (C=O) groups is 1. The second kappa shape index (κ2) is 7.16. The molecular formula is C18H15ClF4N2O2. The minimum Gasteiger partial charge on any atom is -0.387 e. The number of aromatic nitrogens is 2. The van der Waals surface area contributed by atoms with Crippen LogP contribution in [0.25, 0.3) is 0 Å². The number of aryl methyl sites for hydroxylation is 1. The zero-order valence-electron chi connectivity index (χ0n) is 13.9. The van der Waals surface area contributed by atoms with Gasteiger partial charge in [-0.1, -0.05) is 17.7 Å². The second-order valence-electron chi connectivity index (χ2n) is 6.37. The summed E-state index contributed by atoms with van der Waals surface area (Å²) in [6.45, 7) is 0. The third-order valence-electron chi connectivity index (χ3n) is 4.62. The van der Waals surface area contributed by atoms with E-state index in [0.717, 1.165) is 6.07 Å². The van der Waals surface area contributed by atoms with Crippen molar-refractivity contribution in [3.05, 3.63) is 58.1 Å². The zero-order valence-corrected chi connectivity index (χ0v) is 14.7. The first kappa shape index (κ1) is 19.7. The predicted molar refractivity (Wildman–Crippen MR) is 88.8 cm³/mol. The van der Waals surface area contributed by atoms with Crippen LogP contribution in [0.2, 0.25) is 5.02 Å². The van der Waals surface area contributed by atoms with Gasteiger partial charge in [0.2, 0.25) is 0 Å². The van der Waals surface area contributed by atoms with Crippen molar-refractivity contribution in [3.63, 3.8) is 0 Å². The summed E-state index contributed by atoms with van der Waals surface area (Å²) in [5.41, 5.74) is -3.05. The van der Waals surface area contributed by atoms with E-state index in [9.17, 15) is 23.1 Å². The molecule has 27 heavy (non-hydrogen) atoms. The van der Waals surface area contributed by atoms with Crippen LogP contribution in [0, 0.1) is 0 Å². The lowest BCUT2D eigenvalue weighted by molar-refractivity contribution is -0.138. The van der Waals surface area contributed by atoms with Crippen LogP contribution >= 0.6 is 11.6 Å². The number of alkyl halides is 4. The summed E-state index contributed by atoms with van der Waals surface area (Å²) in [6.07, 6.45) is -4.02. The number of halogens is 5. The van der Waals surface area contributed by atoms with Crippen molar-refractivity contribution in [2.45, 2.75) is 43.6 Å². The number of hydrogen-bond donors (Lipinski definition) is 1. The molecule has 2 aromatic rings. The normalized spacial score (nSPS) is 22.4. The van der Waals surface area contributed by atoms with Gasteiger partial charge in [0.25, 0.3) is 0 Å². The summed E-state index contributed by atoms with van der Waals surface area (Å²) in [4.78, 5) is 20.2. The summed E-state index contributed by atoms with van der Waals surface area (Å²) in [5.74, 6) is -0.749. The number of aliphatic hydroxyl groups excluding tert-OH is 1. The summed E-state index contributed by atoms with van der Waals surface area (Å²) >= 11 is 5.83. The second-order valence-corrected chi connectivity index (χ2v) is 6.77. The molecular weight excluding hydrogens is 388 g/mol. The molecule has 0 amide bonds. The number of aliphatic hydroxyl groups is 1. The summed E-state index contributed by atoms with van der Waals surface area (Å²) in [7, 11) is 0. The van der Waals surface area contributed by atoms with Crippen molar-refractivity contribution in [1.82, 2.24) is 9.97 Å². The van der Waals surface area contributed by atoms with Gasteiger partial charge in [-0.25, -0.2) is 4.39 Å². The highest BCUT2D eigenvalue weighted by Gasteiger charge is 2.46. The topological polar surface area (TPSA) is 63.1 Å². The van der Waals surface area contributed by atoms with E-state index in [2.05, 4.69) is 9.97 Å². The molecule has 2 heterocycles. The lowest BCUT2D eigenvalue weighted by Gasteiger charge is -2.32. The van der Waals surface area contributed by atoms with Crippen LogP contribution in [0.5, 0.6) is 0 Å². The quantitative estimate of drug-likeness (QED) is 0.773. The van der Waals surface area contributed by atoms with Crippen molar-refractivity contribution in [1.29, 1.82) is 0 Å². The van der Waals surface area contributed by atoms with E-state index in [4.69, 9.17) is 11.6 Å². The highest BCUT2D eigenvalue weighted by Crippen LogP contribution is 2.43. The van der Waals surface area contributed by atoms with Crippen LogP contribution < -0.4 is 0 Å². The number of carbonyl (C=O) groups excluding carboxylic acids is 1. The first-order valence-electron chi connectivity index (χ1n) is 8.20. The number of Topliss-reactive ketones (excluding diaryl/α,β-unsaturated/α-hetero) is 1. The number of fused-ring (bicyclic) bond motifs is 1. The smallest absolute Gasteiger partial charge is 0.387 e. The van der Waals surface area contributed by atoms with Gasteiger partial charge < -0.3 is 5.11 Å². The Labute approximate surface area is 157 Å². The van der Waals surface area contributed by atoms with Crippen molar-refractivity contribution in [2.75, 3.05) is 0 Å². The van der Waals surface area contributed by atoms with Gasteiger partial charge in [0, 0.05) is 24.4 Å². The molecule has 3 rings (SSSR count). The van der Waals surface area contributed by atoms with Crippen LogP contribution in [0.15, 0.2) is 30.6 Å². The van der Waals surface area contributed by atoms with Crippen molar-refractivity contribution in [2.24, 2.45) is 0 Å². The highest BCUT2D eigenvalue weighted by atomic mass is 35.5. The molecule has 0 saturated heterocycles. The van der Waals surface area contributed by atoms with Gasteiger partial charge in [-0.05, 0) is 31.4 Å². The molecule has 9 heteroatoms. The van der Waals surface area contributed by atoms with Gasteiger partial charge in [0.1, 0.15) is 0 Å². The van der Waals surface area contributed by atoms with E-state index in [1.807, 2.05) is 0 Å². The molecule has 1 aliphatic carbocycles. The molecule has 4 nitrogen and oxygen atoms in total. The Balaban J connectivity index is 1.78. The van der Waals surface area contributed by atoms with Crippen molar-refractivity contribution in [3.8, 4) is 0 Å². The molecule has 0 saturated carbocycles. The predicted octanol–water partition coefficient (Wildman–Crippen LogP) is 4.34. The molecule has 1 aliphatic rings. The number of rotatable bonds is 4. The largest absolute Gasteiger partial charge is 0.417 e. The fraction of sp³-hybridized carbons (Fsp3) is 0.389. The van der Waals surface area contributed by atoms with Gasteiger partial charge in [0.15, 0.2) is 11.5 Å². The van der Waals surface area contributed by atoms with E-state index < -0.39 is 29.3 Å². The molecule has 2 aromatic heterocycles. The minimum absolute atomic E-state index is 0.0280. The lowest BCUT2D eigenvalue weighted by atomic mass is 9.78. The number of ketones is 1. The van der Waals surface area contributed by atoms with Crippen molar-refractivity contribution >= 4 is 17.4 Å². The van der Waals surface area contributed by atoms with E-state index in [1.165, 1.54) is 18.3 Å². The Morgan fingerprint density at radius 3 is 2.78 bits per heavy atom. The first-order chi connectivity index (χ1) is 12.6. The van der Waals surface area contributed by atoms with E-state index >= 15 is 4.39 Å². The molecule has 0 spiro atoms. The molecule has 0 fully saturated rings. The minimum atomic E-state index is -4.58. The molecule has 0 aliphatic heterocycles. The Morgan fingerprint density at radius 2 is 2.11 bits per heavy atom. The number of pyridine rings is 2. The molecule has 0 radical (unpaired) electrons. The molecule has 0 aromatic carbocycles. The third kappa shape index (κ3) is 3.82. The molecule has 2 atom stereocenters. The monoisotopic (exact) mass is 402 g/mol. The van der Waals surface area contributed by atoms with Crippen molar-refractivity contribution < 1.29 is 27.5 Å². The van der Waals surface area contributed by atoms with Gasteiger partial charge in [-0.15, -0.1) is 0 Å². The van der Waals surface area contributed by atoms with Crippen LogP contribution in [0.4, 0.5) is 17.6 Å². The fourth-order valence-electron chi connectivity index (χ4n) is 3.15. The Bertz CT molecular complexity index is 875. The van der Waals surface area contributed by atoms with E-state index in [-0.39, 0.29) is 47.7 Å². The molecule has 0 bridgehead atoms.